The normalized spacial score (nSPS) is 20.2. The number of nitrogens with zero attached hydrogens (tertiary/aromatic N) is 2. The molecule has 1 N–H and O–H groups in total. The van der Waals surface area contributed by atoms with Gasteiger partial charge in [0.1, 0.15) is 6.26 Å². The summed E-state index contributed by atoms with van der Waals surface area (Å²) in [7, 11) is 1.84. The molecule has 1 aliphatic rings. The number of aromatic nitrogens is 1. The molecule has 0 radical (unpaired) electrons. The average Bonchev–Trinajstić information content (AvgIpc) is 2.79. The first-order valence-corrected chi connectivity index (χ1v) is 5.64. The highest BCUT2D eigenvalue weighted by Crippen LogP contribution is 2.18. The molecule has 1 aliphatic heterocycles. The van der Waals surface area contributed by atoms with Crippen LogP contribution in [-0.4, -0.2) is 42.9 Å². The summed E-state index contributed by atoms with van der Waals surface area (Å²) in [6, 6.07) is 0.341. The van der Waals surface area contributed by atoms with Crippen LogP contribution < -0.4 is 4.90 Å². The maximum Gasteiger partial charge on any atom is 0.357 e. The maximum atomic E-state index is 10.7. The van der Waals surface area contributed by atoms with Crippen molar-refractivity contribution >= 4 is 12.0 Å². The van der Waals surface area contributed by atoms with Gasteiger partial charge in [-0.1, -0.05) is 0 Å². The van der Waals surface area contributed by atoms with Crippen molar-refractivity contribution in [2.45, 2.75) is 12.8 Å². The van der Waals surface area contributed by atoms with Crippen molar-refractivity contribution in [1.82, 2.24) is 4.98 Å². The van der Waals surface area contributed by atoms with E-state index in [0.717, 1.165) is 38.9 Å². The van der Waals surface area contributed by atoms with Crippen LogP contribution in [0.25, 0.3) is 0 Å². The first-order valence-electron chi connectivity index (χ1n) is 5.64. The molecule has 17 heavy (non-hydrogen) atoms. The number of carboxylic acid groups (broad SMARTS) is 1. The van der Waals surface area contributed by atoms with Gasteiger partial charge in [0, 0.05) is 26.1 Å². The zero-order chi connectivity index (χ0) is 12.3. The molecule has 0 bridgehead atoms. The molecule has 1 aromatic heterocycles. The predicted octanol–water partition coefficient (Wildman–Crippen LogP) is 1.24. The second kappa shape index (κ2) is 5.18. The van der Waals surface area contributed by atoms with Gasteiger partial charge < -0.3 is 19.2 Å². The van der Waals surface area contributed by atoms with E-state index in [1.165, 1.54) is 0 Å². The van der Waals surface area contributed by atoms with Crippen LogP contribution >= 0.6 is 0 Å². The Labute approximate surface area is 99.2 Å². The minimum Gasteiger partial charge on any atom is -0.476 e. The van der Waals surface area contributed by atoms with Gasteiger partial charge in [-0.2, -0.15) is 4.98 Å². The first kappa shape index (κ1) is 11.9. The van der Waals surface area contributed by atoms with Crippen molar-refractivity contribution < 1.29 is 19.1 Å². The molecule has 6 nitrogen and oxygen atoms in total. The lowest BCUT2D eigenvalue weighted by molar-refractivity contribution is 0.0573. The van der Waals surface area contributed by atoms with Gasteiger partial charge in [0.15, 0.2) is 5.69 Å². The fourth-order valence-electron chi connectivity index (χ4n) is 1.95. The first-order chi connectivity index (χ1) is 8.16. The van der Waals surface area contributed by atoms with Crippen molar-refractivity contribution in [3.8, 4) is 0 Å². The molecule has 2 rings (SSSR count). The van der Waals surface area contributed by atoms with E-state index in [1.807, 2.05) is 11.9 Å². The summed E-state index contributed by atoms with van der Waals surface area (Å²) in [5.41, 5.74) is -0.0632. The Kier molecular flexibility index (Phi) is 3.63. The van der Waals surface area contributed by atoms with Crippen molar-refractivity contribution in [3.63, 3.8) is 0 Å². The molecule has 0 saturated carbocycles. The molecule has 1 fully saturated rings. The van der Waals surface area contributed by atoms with E-state index in [1.54, 1.807) is 0 Å². The number of ether oxygens (including phenoxy) is 1. The van der Waals surface area contributed by atoms with Crippen molar-refractivity contribution in [3.05, 3.63) is 12.0 Å². The maximum absolute atomic E-state index is 10.7. The molecule has 94 valence electrons. The number of oxazole rings is 1. The van der Waals surface area contributed by atoms with E-state index in [9.17, 15) is 4.79 Å². The number of hydrogen-bond acceptors (Lipinski definition) is 5. The second-order valence-corrected chi connectivity index (χ2v) is 4.28. The van der Waals surface area contributed by atoms with E-state index >= 15 is 0 Å². The fraction of sp³-hybridized carbons (Fsp3) is 0.636. The number of aromatic carboxylic acids is 1. The van der Waals surface area contributed by atoms with Gasteiger partial charge in [-0.3, -0.25) is 0 Å². The quantitative estimate of drug-likeness (QED) is 0.853. The molecule has 1 unspecified atom stereocenters. The van der Waals surface area contributed by atoms with Crippen LogP contribution in [0.15, 0.2) is 10.7 Å². The molecule has 6 heteroatoms. The zero-order valence-electron chi connectivity index (χ0n) is 9.76. The van der Waals surface area contributed by atoms with Crippen molar-refractivity contribution in [1.29, 1.82) is 0 Å². The van der Waals surface area contributed by atoms with Gasteiger partial charge in [-0.25, -0.2) is 4.79 Å². The molecule has 1 aromatic rings. The van der Waals surface area contributed by atoms with Crippen LogP contribution in [-0.2, 0) is 4.74 Å². The van der Waals surface area contributed by atoms with Gasteiger partial charge >= 0.3 is 5.97 Å². The molecule has 0 aliphatic carbocycles. The Morgan fingerprint density at radius 1 is 1.71 bits per heavy atom. The van der Waals surface area contributed by atoms with Gasteiger partial charge in [-0.05, 0) is 12.8 Å². The van der Waals surface area contributed by atoms with Crippen LogP contribution in [0.5, 0.6) is 0 Å². The Bertz CT molecular complexity index is 385. The van der Waals surface area contributed by atoms with E-state index in [-0.39, 0.29) is 5.69 Å². The third-order valence-corrected chi connectivity index (χ3v) is 2.82. The molecule has 2 heterocycles. The standard InChI is InChI=1S/C11H16N2O4/c1-13(5-8-3-2-4-16-6-8)11-12-9(7-17-11)10(14)15/h7-8H,2-6H2,1H3,(H,14,15). The average molecular weight is 240 g/mol. The van der Waals surface area contributed by atoms with Crippen LogP contribution in [0, 0.1) is 5.92 Å². The van der Waals surface area contributed by atoms with Crippen LogP contribution in [0.2, 0.25) is 0 Å². The molecular formula is C11H16N2O4. The topological polar surface area (TPSA) is 75.8 Å². The highest BCUT2D eigenvalue weighted by atomic mass is 16.5. The van der Waals surface area contributed by atoms with Crippen molar-refractivity contribution in [2.24, 2.45) is 5.92 Å². The van der Waals surface area contributed by atoms with E-state index in [4.69, 9.17) is 14.3 Å². The van der Waals surface area contributed by atoms with Gasteiger partial charge in [0.05, 0.1) is 6.61 Å². The number of hydrogen-bond donors (Lipinski definition) is 1. The fourth-order valence-corrected chi connectivity index (χ4v) is 1.95. The SMILES string of the molecule is CN(CC1CCCOC1)c1nc(C(=O)O)co1. The minimum atomic E-state index is -1.07. The van der Waals surface area contributed by atoms with Gasteiger partial charge in [0.25, 0.3) is 6.01 Å². The molecule has 0 amide bonds. The minimum absolute atomic E-state index is 0.0632. The molecule has 1 atom stereocenters. The van der Waals surface area contributed by atoms with E-state index in [2.05, 4.69) is 4.98 Å². The Morgan fingerprint density at radius 2 is 2.53 bits per heavy atom. The lowest BCUT2D eigenvalue weighted by atomic mass is 10.0. The summed E-state index contributed by atoms with van der Waals surface area (Å²) in [5, 5.41) is 8.74. The highest BCUT2D eigenvalue weighted by Gasteiger charge is 2.19. The smallest absolute Gasteiger partial charge is 0.357 e. The largest absolute Gasteiger partial charge is 0.476 e. The molecular weight excluding hydrogens is 224 g/mol. The van der Waals surface area contributed by atoms with Crippen LogP contribution in [0.1, 0.15) is 23.3 Å². The summed E-state index contributed by atoms with van der Waals surface area (Å²) in [5.74, 6) is -0.622. The number of anilines is 1. The van der Waals surface area contributed by atoms with Gasteiger partial charge in [0.2, 0.25) is 0 Å². The highest BCUT2D eigenvalue weighted by molar-refractivity contribution is 5.85. The monoisotopic (exact) mass is 240 g/mol. The number of rotatable bonds is 4. The van der Waals surface area contributed by atoms with Crippen molar-refractivity contribution in [2.75, 3.05) is 31.7 Å². The van der Waals surface area contributed by atoms with E-state index in [0.29, 0.717) is 11.9 Å². The summed E-state index contributed by atoms with van der Waals surface area (Å²) >= 11 is 0. The van der Waals surface area contributed by atoms with Crippen LogP contribution in [0.4, 0.5) is 6.01 Å². The Balaban J connectivity index is 1.93. The van der Waals surface area contributed by atoms with Gasteiger partial charge in [-0.15, -0.1) is 0 Å². The molecule has 0 aromatic carbocycles. The molecule has 0 spiro atoms. The predicted molar refractivity (Wildman–Crippen MR) is 60.3 cm³/mol. The van der Waals surface area contributed by atoms with E-state index < -0.39 is 5.97 Å². The summed E-state index contributed by atoms with van der Waals surface area (Å²) in [6.07, 6.45) is 3.35. The second-order valence-electron chi connectivity index (χ2n) is 4.28. The summed E-state index contributed by atoms with van der Waals surface area (Å²) in [6.45, 7) is 2.35. The van der Waals surface area contributed by atoms with Crippen LogP contribution in [0.3, 0.4) is 0 Å². The third-order valence-electron chi connectivity index (χ3n) is 2.82. The summed E-state index contributed by atoms with van der Waals surface area (Å²) < 4.78 is 10.5. The number of carbonyl (C=O) groups is 1. The number of carboxylic acids is 1. The third kappa shape index (κ3) is 2.97. The Hall–Kier alpha value is -1.56. The zero-order valence-corrected chi connectivity index (χ0v) is 9.76. The molecule has 1 saturated heterocycles. The lowest BCUT2D eigenvalue weighted by Gasteiger charge is -2.26. The Morgan fingerprint density at radius 3 is 3.12 bits per heavy atom. The summed E-state index contributed by atoms with van der Waals surface area (Å²) in [4.78, 5) is 16.4. The lowest BCUT2D eigenvalue weighted by Crippen LogP contribution is -2.31.